The van der Waals surface area contributed by atoms with Crippen molar-refractivity contribution >= 4 is 11.6 Å². The van der Waals surface area contributed by atoms with Gasteiger partial charge in [-0.15, -0.1) is 0 Å². The SMILES string of the molecule is Cc1noc(C)c1CC(=O)Nc1ccc2c(c1)C[C@H](C)O2. The van der Waals surface area contributed by atoms with Gasteiger partial charge < -0.3 is 14.6 Å². The van der Waals surface area contributed by atoms with E-state index in [0.717, 1.165) is 34.7 Å². The molecule has 2 aromatic rings. The summed E-state index contributed by atoms with van der Waals surface area (Å²) in [5.41, 5.74) is 3.55. The average molecular weight is 286 g/mol. The molecule has 0 saturated carbocycles. The van der Waals surface area contributed by atoms with Gasteiger partial charge in [0.05, 0.1) is 12.1 Å². The number of nitrogens with zero attached hydrogens (tertiary/aromatic N) is 1. The zero-order valence-electron chi connectivity index (χ0n) is 12.4. The van der Waals surface area contributed by atoms with Crippen LogP contribution in [-0.4, -0.2) is 17.2 Å². The van der Waals surface area contributed by atoms with E-state index >= 15 is 0 Å². The monoisotopic (exact) mass is 286 g/mol. The first-order valence-electron chi connectivity index (χ1n) is 7.04. The number of hydrogen-bond donors (Lipinski definition) is 1. The molecule has 1 aromatic carbocycles. The molecular formula is C16H18N2O3. The van der Waals surface area contributed by atoms with Crippen LogP contribution in [0, 0.1) is 13.8 Å². The third-order valence-electron chi connectivity index (χ3n) is 3.70. The number of carbonyl (C=O) groups excluding carboxylic acids is 1. The lowest BCUT2D eigenvalue weighted by atomic mass is 10.1. The molecule has 0 radical (unpaired) electrons. The van der Waals surface area contributed by atoms with Gasteiger partial charge in [-0.3, -0.25) is 4.79 Å². The van der Waals surface area contributed by atoms with E-state index in [1.807, 2.05) is 39.0 Å². The third-order valence-corrected chi connectivity index (χ3v) is 3.70. The van der Waals surface area contributed by atoms with Gasteiger partial charge in [-0.25, -0.2) is 0 Å². The van der Waals surface area contributed by atoms with Crippen LogP contribution >= 0.6 is 0 Å². The van der Waals surface area contributed by atoms with Crippen molar-refractivity contribution in [1.82, 2.24) is 5.16 Å². The van der Waals surface area contributed by atoms with E-state index in [1.54, 1.807) is 0 Å². The highest BCUT2D eigenvalue weighted by Gasteiger charge is 2.19. The lowest BCUT2D eigenvalue weighted by Crippen LogP contribution is -2.15. The standard InChI is InChI=1S/C16H18N2O3/c1-9-6-12-7-13(4-5-15(12)20-9)17-16(19)8-14-10(2)18-21-11(14)3/h4-5,7,9H,6,8H2,1-3H3,(H,17,19)/t9-/m0/s1. The Balaban J connectivity index is 1.70. The largest absolute Gasteiger partial charge is 0.490 e. The molecule has 5 nitrogen and oxygen atoms in total. The smallest absolute Gasteiger partial charge is 0.228 e. The van der Waals surface area contributed by atoms with Crippen molar-refractivity contribution in [2.75, 3.05) is 5.32 Å². The number of anilines is 1. The van der Waals surface area contributed by atoms with Gasteiger partial charge >= 0.3 is 0 Å². The summed E-state index contributed by atoms with van der Waals surface area (Å²) in [5.74, 6) is 1.53. The molecule has 1 amide bonds. The summed E-state index contributed by atoms with van der Waals surface area (Å²) in [6.07, 6.45) is 1.35. The fraction of sp³-hybridized carbons (Fsp3) is 0.375. The van der Waals surface area contributed by atoms with Crippen molar-refractivity contribution in [3.8, 4) is 5.75 Å². The van der Waals surface area contributed by atoms with Gasteiger partial charge in [-0.1, -0.05) is 5.16 Å². The number of aryl methyl sites for hydroxylation is 2. The normalized spacial score (nSPS) is 16.4. The highest BCUT2D eigenvalue weighted by molar-refractivity contribution is 5.92. The van der Waals surface area contributed by atoms with Gasteiger partial charge in [0.1, 0.15) is 17.6 Å². The molecule has 1 aliphatic heterocycles. The van der Waals surface area contributed by atoms with E-state index in [1.165, 1.54) is 0 Å². The Morgan fingerprint density at radius 3 is 2.95 bits per heavy atom. The second-order valence-electron chi connectivity index (χ2n) is 5.48. The topological polar surface area (TPSA) is 64.4 Å². The van der Waals surface area contributed by atoms with E-state index in [9.17, 15) is 4.79 Å². The Bertz CT molecular complexity index is 671. The summed E-state index contributed by atoms with van der Waals surface area (Å²) >= 11 is 0. The minimum atomic E-state index is -0.0729. The molecule has 1 atom stereocenters. The van der Waals surface area contributed by atoms with E-state index in [4.69, 9.17) is 9.26 Å². The number of ether oxygens (including phenoxy) is 1. The van der Waals surface area contributed by atoms with Crippen LogP contribution in [0.5, 0.6) is 5.75 Å². The maximum atomic E-state index is 12.1. The number of amides is 1. The fourth-order valence-electron chi connectivity index (χ4n) is 2.62. The van der Waals surface area contributed by atoms with Crippen molar-refractivity contribution in [1.29, 1.82) is 0 Å². The summed E-state index contributed by atoms with van der Waals surface area (Å²) in [6.45, 7) is 5.69. The summed E-state index contributed by atoms with van der Waals surface area (Å²) < 4.78 is 10.7. The van der Waals surface area contributed by atoms with Crippen molar-refractivity contribution in [3.05, 3.63) is 40.8 Å². The highest BCUT2D eigenvalue weighted by Crippen LogP contribution is 2.31. The van der Waals surface area contributed by atoms with Gasteiger partial charge in [-0.2, -0.15) is 0 Å². The third kappa shape index (κ3) is 2.77. The van der Waals surface area contributed by atoms with Crippen molar-refractivity contribution in [2.24, 2.45) is 0 Å². The predicted molar refractivity (Wildman–Crippen MR) is 78.5 cm³/mol. The first-order valence-corrected chi connectivity index (χ1v) is 7.04. The lowest BCUT2D eigenvalue weighted by molar-refractivity contribution is -0.115. The number of carbonyl (C=O) groups is 1. The quantitative estimate of drug-likeness (QED) is 0.942. The lowest BCUT2D eigenvalue weighted by Gasteiger charge is -2.07. The molecule has 2 heterocycles. The van der Waals surface area contributed by atoms with E-state index in [0.29, 0.717) is 5.76 Å². The maximum absolute atomic E-state index is 12.1. The molecule has 0 fully saturated rings. The molecule has 1 N–H and O–H groups in total. The van der Waals surface area contributed by atoms with E-state index < -0.39 is 0 Å². The number of fused-ring (bicyclic) bond motifs is 1. The minimum Gasteiger partial charge on any atom is -0.490 e. The van der Waals surface area contributed by atoms with Crippen LogP contribution in [0.15, 0.2) is 22.7 Å². The summed E-state index contributed by atoms with van der Waals surface area (Å²) in [5, 5.41) is 6.78. The van der Waals surface area contributed by atoms with E-state index in [-0.39, 0.29) is 18.4 Å². The van der Waals surface area contributed by atoms with Gasteiger partial charge in [0.2, 0.25) is 5.91 Å². The Labute approximate surface area is 123 Å². The summed E-state index contributed by atoms with van der Waals surface area (Å²) in [6, 6.07) is 5.75. The van der Waals surface area contributed by atoms with Crippen molar-refractivity contribution in [3.63, 3.8) is 0 Å². The second-order valence-corrected chi connectivity index (χ2v) is 5.48. The molecule has 3 rings (SSSR count). The maximum Gasteiger partial charge on any atom is 0.228 e. The molecule has 1 aliphatic rings. The molecule has 110 valence electrons. The molecular weight excluding hydrogens is 268 g/mol. The minimum absolute atomic E-state index is 0.0729. The number of benzene rings is 1. The summed E-state index contributed by atoms with van der Waals surface area (Å²) in [7, 11) is 0. The van der Waals surface area contributed by atoms with E-state index in [2.05, 4.69) is 10.5 Å². The number of hydrogen-bond acceptors (Lipinski definition) is 4. The molecule has 0 bridgehead atoms. The molecule has 1 aromatic heterocycles. The predicted octanol–water partition coefficient (Wildman–Crippen LogP) is 2.80. The van der Waals surface area contributed by atoms with Crippen LogP contribution < -0.4 is 10.1 Å². The first-order chi connectivity index (χ1) is 10.0. The van der Waals surface area contributed by atoms with Gasteiger partial charge in [0, 0.05) is 17.7 Å². The molecule has 0 spiro atoms. The highest BCUT2D eigenvalue weighted by atomic mass is 16.5. The number of aromatic nitrogens is 1. The summed E-state index contributed by atoms with van der Waals surface area (Å²) in [4.78, 5) is 12.1. The Morgan fingerprint density at radius 2 is 2.24 bits per heavy atom. The Morgan fingerprint density at radius 1 is 1.43 bits per heavy atom. The van der Waals surface area contributed by atoms with Crippen LogP contribution in [0.3, 0.4) is 0 Å². The van der Waals surface area contributed by atoms with Crippen LogP contribution in [0.1, 0.15) is 29.5 Å². The zero-order valence-corrected chi connectivity index (χ0v) is 12.4. The molecule has 0 unspecified atom stereocenters. The van der Waals surface area contributed by atoms with Gasteiger partial charge in [-0.05, 0) is 44.5 Å². The number of rotatable bonds is 3. The molecule has 21 heavy (non-hydrogen) atoms. The van der Waals surface area contributed by atoms with Crippen LogP contribution in [0.4, 0.5) is 5.69 Å². The Kier molecular flexibility index (Phi) is 3.41. The molecule has 5 heteroatoms. The zero-order chi connectivity index (χ0) is 15.0. The molecule has 0 aliphatic carbocycles. The first kappa shape index (κ1) is 13.7. The van der Waals surface area contributed by atoms with Crippen LogP contribution in [0.25, 0.3) is 0 Å². The number of nitrogens with one attached hydrogen (secondary N) is 1. The van der Waals surface area contributed by atoms with Gasteiger partial charge in [0.15, 0.2) is 0 Å². The van der Waals surface area contributed by atoms with Crippen LogP contribution in [0.2, 0.25) is 0 Å². The van der Waals surface area contributed by atoms with Crippen molar-refractivity contribution < 1.29 is 14.1 Å². The van der Waals surface area contributed by atoms with Crippen molar-refractivity contribution in [2.45, 2.75) is 39.7 Å². The fourth-order valence-corrected chi connectivity index (χ4v) is 2.62. The Hall–Kier alpha value is -2.30. The van der Waals surface area contributed by atoms with Gasteiger partial charge in [0.25, 0.3) is 0 Å². The molecule has 0 saturated heterocycles. The average Bonchev–Trinajstić information content (AvgIpc) is 2.94. The van der Waals surface area contributed by atoms with Crippen LogP contribution in [-0.2, 0) is 17.6 Å². The second kappa shape index (κ2) is 5.24.